The largest absolute Gasteiger partial charge is 0.389 e. The molecule has 0 spiro atoms. The van der Waals surface area contributed by atoms with Crippen molar-refractivity contribution >= 4 is 23.6 Å². The van der Waals surface area contributed by atoms with Crippen LogP contribution in [0.2, 0.25) is 0 Å². The normalized spacial score (nSPS) is 16.4. The van der Waals surface area contributed by atoms with Gasteiger partial charge >= 0.3 is 0 Å². The number of aromatic nitrogens is 2. The maximum absolute atomic E-state index is 12.2. The standard InChI is InChI=1S/C19H24N4O3S/c1-13-4-2-5-14(8-13)12-27-7-3-6-20-18(25)16-9-17-19(26)21-10-15(24)11-23(17)22-16/h2,4-5,8-9,15,24H,3,6-7,10-12H2,1H3,(H,20,25)(H,21,26). The van der Waals surface area contributed by atoms with Gasteiger partial charge in [-0.3, -0.25) is 14.3 Å². The van der Waals surface area contributed by atoms with Crippen LogP contribution < -0.4 is 10.6 Å². The van der Waals surface area contributed by atoms with E-state index in [0.717, 1.165) is 17.9 Å². The van der Waals surface area contributed by atoms with Crippen molar-refractivity contribution in [2.24, 2.45) is 0 Å². The third-order valence-corrected chi connectivity index (χ3v) is 5.34. The fourth-order valence-electron chi connectivity index (χ4n) is 2.87. The summed E-state index contributed by atoms with van der Waals surface area (Å²) in [5.41, 5.74) is 3.07. The van der Waals surface area contributed by atoms with Crippen LogP contribution in [-0.2, 0) is 12.3 Å². The van der Waals surface area contributed by atoms with Crippen molar-refractivity contribution in [1.29, 1.82) is 0 Å². The first kappa shape index (κ1) is 19.4. The summed E-state index contributed by atoms with van der Waals surface area (Å²) in [6.07, 6.45) is 0.145. The van der Waals surface area contributed by atoms with Gasteiger partial charge in [-0.15, -0.1) is 0 Å². The zero-order valence-electron chi connectivity index (χ0n) is 15.3. The smallest absolute Gasteiger partial charge is 0.271 e. The number of nitrogens with zero attached hydrogens (tertiary/aromatic N) is 2. The molecule has 0 radical (unpaired) electrons. The number of nitrogens with one attached hydrogen (secondary N) is 2. The van der Waals surface area contributed by atoms with Crippen LogP contribution in [-0.4, -0.2) is 51.6 Å². The van der Waals surface area contributed by atoms with Crippen molar-refractivity contribution in [1.82, 2.24) is 20.4 Å². The van der Waals surface area contributed by atoms with Gasteiger partial charge in [-0.1, -0.05) is 29.8 Å². The zero-order chi connectivity index (χ0) is 19.2. The van der Waals surface area contributed by atoms with Gasteiger partial charge in [0.25, 0.3) is 11.8 Å². The number of carbonyl (C=O) groups excluding carboxylic acids is 2. The Balaban J connectivity index is 1.41. The second-order valence-electron chi connectivity index (χ2n) is 6.61. The van der Waals surface area contributed by atoms with Crippen LogP contribution in [0.15, 0.2) is 30.3 Å². The molecule has 0 saturated heterocycles. The van der Waals surface area contributed by atoms with E-state index in [1.54, 1.807) is 0 Å². The Morgan fingerprint density at radius 3 is 3.11 bits per heavy atom. The van der Waals surface area contributed by atoms with Gasteiger partial charge in [0.1, 0.15) is 5.69 Å². The number of thioether (sulfide) groups is 1. The molecule has 7 nitrogen and oxygen atoms in total. The summed E-state index contributed by atoms with van der Waals surface area (Å²) in [5.74, 6) is 1.27. The van der Waals surface area contributed by atoms with E-state index in [4.69, 9.17) is 0 Å². The molecule has 144 valence electrons. The van der Waals surface area contributed by atoms with Gasteiger partial charge < -0.3 is 15.7 Å². The number of aliphatic hydroxyl groups is 1. The Labute approximate surface area is 162 Å². The lowest BCUT2D eigenvalue weighted by atomic mass is 10.2. The van der Waals surface area contributed by atoms with Crippen molar-refractivity contribution in [2.45, 2.75) is 31.7 Å². The Morgan fingerprint density at radius 1 is 1.44 bits per heavy atom. The first-order chi connectivity index (χ1) is 13.0. The van der Waals surface area contributed by atoms with Gasteiger partial charge in [0.05, 0.1) is 12.6 Å². The van der Waals surface area contributed by atoms with Crippen molar-refractivity contribution in [2.75, 3.05) is 18.8 Å². The number of fused-ring (bicyclic) bond motifs is 1. The van der Waals surface area contributed by atoms with E-state index in [9.17, 15) is 14.7 Å². The highest BCUT2D eigenvalue weighted by atomic mass is 32.2. The van der Waals surface area contributed by atoms with Crippen LogP contribution in [0.3, 0.4) is 0 Å². The number of aliphatic hydroxyl groups excluding tert-OH is 1. The molecule has 0 fully saturated rings. The summed E-state index contributed by atoms with van der Waals surface area (Å²) in [5, 5.41) is 19.3. The highest BCUT2D eigenvalue weighted by Gasteiger charge is 2.24. The van der Waals surface area contributed by atoms with Crippen molar-refractivity contribution in [3.63, 3.8) is 0 Å². The van der Waals surface area contributed by atoms with Gasteiger partial charge in [-0.05, 0) is 24.7 Å². The molecule has 0 saturated carbocycles. The summed E-state index contributed by atoms with van der Waals surface area (Å²) in [6.45, 7) is 3.01. The number of carbonyl (C=O) groups is 2. The van der Waals surface area contributed by atoms with Gasteiger partial charge in [-0.2, -0.15) is 16.9 Å². The molecular formula is C19H24N4O3S. The lowest BCUT2D eigenvalue weighted by Crippen LogP contribution is -2.30. The summed E-state index contributed by atoms with van der Waals surface area (Å²) < 4.78 is 1.39. The van der Waals surface area contributed by atoms with Crippen LogP contribution in [0.1, 0.15) is 38.5 Å². The summed E-state index contributed by atoms with van der Waals surface area (Å²) >= 11 is 1.84. The van der Waals surface area contributed by atoms with E-state index >= 15 is 0 Å². The summed E-state index contributed by atoms with van der Waals surface area (Å²) in [6, 6.07) is 9.93. The fraction of sp³-hybridized carbons (Fsp3) is 0.421. The second-order valence-corrected chi connectivity index (χ2v) is 7.72. The van der Waals surface area contributed by atoms with Crippen LogP contribution in [0.4, 0.5) is 0 Å². The highest BCUT2D eigenvalue weighted by Crippen LogP contribution is 2.14. The molecule has 3 rings (SSSR count). The number of hydrogen-bond acceptors (Lipinski definition) is 5. The molecule has 1 aromatic carbocycles. The van der Waals surface area contributed by atoms with E-state index in [1.165, 1.54) is 21.9 Å². The van der Waals surface area contributed by atoms with Crippen LogP contribution in [0.25, 0.3) is 0 Å². The molecule has 0 aliphatic carbocycles. The minimum Gasteiger partial charge on any atom is -0.389 e. The Morgan fingerprint density at radius 2 is 2.30 bits per heavy atom. The predicted octanol–water partition coefficient (Wildman–Crippen LogP) is 1.35. The molecule has 8 heteroatoms. The number of amides is 2. The van der Waals surface area contributed by atoms with Crippen LogP contribution >= 0.6 is 11.8 Å². The number of rotatable bonds is 7. The summed E-state index contributed by atoms with van der Waals surface area (Å²) in [7, 11) is 0. The Hall–Kier alpha value is -2.32. The number of hydrogen-bond donors (Lipinski definition) is 3. The quantitative estimate of drug-likeness (QED) is 0.622. The van der Waals surface area contributed by atoms with Crippen LogP contribution in [0.5, 0.6) is 0 Å². The Bertz CT molecular complexity index is 821. The number of benzene rings is 1. The maximum Gasteiger partial charge on any atom is 0.271 e. The molecule has 2 aromatic rings. The van der Waals surface area contributed by atoms with Crippen molar-refractivity contribution < 1.29 is 14.7 Å². The van der Waals surface area contributed by atoms with E-state index in [1.807, 2.05) is 11.8 Å². The van der Waals surface area contributed by atoms with E-state index < -0.39 is 6.10 Å². The molecule has 1 unspecified atom stereocenters. The summed E-state index contributed by atoms with van der Waals surface area (Å²) in [4.78, 5) is 24.2. The predicted molar refractivity (Wildman–Crippen MR) is 105 cm³/mol. The molecule has 1 aliphatic heterocycles. The lowest BCUT2D eigenvalue weighted by molar-refractivity contribution is 0.0931. The topological polar surface area (TPSA) is 96.2 Å². The highest BCUT2D eigenvalue weighted by molar-refractivity contribution is 7.98. The average molecular weight is 388 g/mol. The van der Waals surface area contributed by atoms with Crippen molar-refractivity contribution in [3.05, 3.63) is 52.8 Å². The lowest BCUT2D eigenvalue weighted by Gasteiger charge is -2.06. The second kappa shape index (κ2) is 9.05. The molecule has 1 aliphatic rings. The third-order valence-electron chi connectivity index (χ3n) is 4.23. The minimum atomic E-state index is -0.712. The van der Waals surface area contributed by atoms with E-state index in [0.29, 0.717) is 12.2 Å². The SMILES string of the molecule is Cc1cccc(CSCCCNC(=O)c2cc3n(n2)CC(O)CNC3=O)c1. The molecule has 1 aromatic heterocycles. The van der Waals surface area contributed by atoms with Gasteiger partial charge in [0.2, 0.25) is 0 Å². The van der Waals surface area contributed by atoms with Gasteiger partial charge in [-0.25, -0.2) is 0 Å². The first-order valence-corrected chi connectivity index (χ1v) is 10.1. The molecule has 2 heterocycles. The third kappa shape index (κ3) is 5.33. The zero-order valence-corrected chi connectivity index (χ0v) is 16.1. The molecular weight excluding hydrogens is 364 g/mol. The maximum atomic E-state index is 12.2. The van der Waals surface area contributed by atoms with Crippen molar-refractivity contribution in [3.8, 4) is 0 Å². The van der Waals surface area contributed by atoms with Crippen LogP contribution in [0, 0.1) is 6.92 Å². The fourth-order valence-corrected chi connectivity index (χ4v) is 3.78. The first-order valence-electron chi connectivity index (χ1n) is 8.98. The Kier molecular flexibility index (Phi) is 6.52. The molecule has 2 amide bonds. The molecule has 27 heavy (non-hydrogen) atoms. The molecule has 3 N–H and O–H groups in total. The molecule has 1 atom stereocenters. The van der Waals surface area contributed by atoms with Gasteiger partial charge in [0, 0.05) is 24.9 Å². The molecule has 0 bridgehead atoms. The average Bonchev–Trinajstić information content (AvgIpc) is 3.01. The van der Waals surface area contributed by atoms with E-state index in [-0.39, 0.29) is 30.6 Å². The van der Waals surface area contributed by atoms with Gasteiger partial charge in [0.15, 0.2) is 5.69 Å². The minimum absolute atomic E-state index is 0.184. The van der Waals surface area contributed by atoms with E-state index in [2.05, 4.69) is 46.9 Å². The number of β-amino-alcohol motifs (C(OH)–C–C–N with tert-alkyl or cyclic N) is 1. The number of aryl methyl sites for hydroxylation is 1. The monoisotopic (exact) mass is 388 g/mol.